The van der Waals surface area contributed by atoms with Crippen LogP contribution in [0.25, 0.3) is 0 Å². The second-order valence-electron chi connectivity index (χ2n) is 5.10. The average Bonchev–Trinajstić information content (AvgIpc) is 2.78. The number of piperidine rings is 1. The molecule has 1 atom stereocenters. The van der Waals surface area contributed by atoms with Crippen LogP contribution < -0.4 is 5.32 Å². The summed E-state index contributed by atoms with van der Waals surface area (Å²) in [6.45, 7) is 3.05. The smallest absolute Gasteiger partial charge is 0.0594 e. The van der Waals surface area contributed by atoms with Gasteiger partial charge in [-0.05, 0) is 37.3 Å². The summed E-state index contributed by atoms with van der Waals surface area (Å²) in [6.07, 6.45) is 5.33. The largest absolute Gasteiger partial charge is 0.379 e. The highest BCUT2D eigenvalue weighted by Crippen LogP contribution is 2.40. The van der Waals surface area contributed by atoms with Crippen LogP contribution in [-0.4, -0.2) is 25.8 Å². The van der Waals surface area contributed by atoms with E-state index in [4.69, 9.17) is 4.74 Å². The summed E-state index contributed by atoms with van der Waals surface area (Å²) in [6, 6.07) is 5.14. The van der Waals surface area contributed by atoms with Gasteiger partial charge in [0.25, 0.3) is 0 Å². The lowest BCUT2D eigenvalue weighted by Gasteiger charge is -2.44. The van der Waals surface area contributed by atoms with Crippen LogP contribution in [-0.2, 0) is 10.2 Å². The quantitative estimate of drug-likeness (QED) is 0.872. The third-order valence-electron chi connectivity index (χ3n) is 3.85. The summed E-state index contributed by atoms with van der Waals surface area (Å²) in [5, 5.41) is 5.84. The minimum absolute atomic E-state index is 0.336. The third-order valence-corrected chi connectivity index (χ3v) is 4.97. The van der Waals surface area contributed by atoms with Gasteiger partial charge in [0.1, 0.15) is 0 Å². The zero-order valence-electron chi connectivity index (χ0n) is 9.58. The Hall–Kier alpha value is -0.380. The maximum absolute atomic E-state index is 5.48. The lowest BCUT2D eigenvalue weighted by atomic mass is 9.77. The molecule has 1 aromatic heterocycles. The average molecular weight is 237 g/mol. The van der Waals surface area contributed by atoms with Crippen molar-refractivity contribution in [3.8, 4) is 0 Å². The Labute approximate surface area is 101 Å². The lowest BCUT2D eigenvalue weighted by Crippen LogP contribution is -2.51. The van der Waals surface area contributed by atoms with E-state index in [-0.39, 0.29) is 0 Å². The normalized spacial score (nSPS) is 28.6. The van der Waals surface area contributed by atoms with Gasteiger partial charge in [0, 0.05) is 10.9 Å². The highest BCUT2D eigenvalue weighted by Gasteiger charge is 2.42. The van der Waals surface area contributed by atoms with Gasteiger partial charge in [-0.2, -0.15) is 0 Å². The fourth-order valence-corrected chi connectivity index (χ4v) is 3.77. The Balaban J connectivity index is 1.70. The van der Waals surface area contributed by atoms with Crippen LogP contribution in [0.15, 0.2) is 17.5 Å². The first-order valence-corrected chi connectivity index (χ1v) is 7.12. The zero-order chi connectivity index (χ0) is 10.8. The molecule has 0 aliphatic carbocycles. The van der Waals surface area contributed by atoms with Crippen LogP contribution in [0.1, 0.15) is 30.6 Å². The van der Waals surface area contributed by atoms with E-state index in [9.17, 15) is 0 Å². The molecule has 0 amide bonds. The third kappa shape index (κ3) is 1.92. The maximum Gasteiger partial charge on any atom is 0.0594 e. The number of hydrogen-bond acceptors (Lipinski definition) is 3. The SMILES string of the molecule is c1csc(C2(CC3CCCCN3)COC2)c1. The molecule has 2 aliphatic heterocycles. The van der Waals surface area contributed by atoms with Crippen molar-refractivity contribution in [2.45, 2.75) is 37.1 Å². The molecule has 3 rings (SSSR count). The molecule has 2 saturated heterocycles. The van der Waals surface area contributed by atoms with Crippen LogP contribution in [0, 0.1) is 0 Å². The minimum atomic E-state index is 0.336. The standard InChI is InChI=1S/C13H19NOS/c1-2-6-14-11(4-1)8-13(9-15-10-13)12-5-3-7-16-12/h3,5,7,11,14H,1-2,4,6,8-10H2. The molecule has 0 spiro atoms. The van der Waals surface area contributed by atoms with Gasteiger partial charge in [0.2, 0.25) is 0 Å². The van der Waals surface area contributed by atoms with E-state index in [1.54, 1.807) is 0 Å². The Morgan fingerprint density at radius 2 is 2.38 bits per heavy atom. The van der Waals surface area contributed by atoms with Gasteiger partial charge in [0.05, 0.1) is 18.6 Å². The molecule has 0 bridgehead atoms. The highest BCUT2D eigenvalue weighted by atomic mass is 32.1. The summed E-state index contributed by atoms with van der Waals surface area (Å²) in [5.41, 5.74) is 0.336. The Kier molecular flexibility index (Phi) is 3.01. The molecular weight excluding hydrogens is 218 g/mol. The first-order chi connectivity index (χ1) is 7.89. The molecule has 1 unspecified atom stereocenters. The number of ether oxygens (including phenoxy) is 1. The van der Waals surface area contributed by atoms with E-state index in [0.717, 1.165) is 13.2 Å². The molecule has 0 aromatic carbocycles. The fraction of sp³-hybridized carbons (Fsp3) is 0.692. The monoisotopic (exact) mass is 237 g/mol. The first kappa shape index (κ1) is 10.8. The summed E-state index contributed by atoms with van der Waals surface area (Å²) in [4.78, 5) is 1.52. The summed E-state index contributed by atoms with van der Waals surface area (Å²) < 4.78 is 5.48. The lowest BCUT2D eigenvalue weighted by molar-refractivity contribution is -0.0677. The summed E-state index contributed by atoms with van der Waals surface area (Å²) in [7, 11) is 0. The van der Waals surface area contributed by atoms with E-state index < -0.39 is 0 Å². The molecule has 3 heterocycles. The number of nitrogens with one attached hydrogen (secondary N) is 1. The van der Waals surface area contributed by atoms with Crippen molar-refractivity contribution < 1.29 is 4.74 Å². The molecule has 88 valence electrons. The van der Waals surface area contributed by atoms with Crippen molar-refractivity contribution in [3.63, 3.8) is 0 Å². The summed E-state index contributed by atoms with van der Waals surface area (Å²) >= 11 is 1.89. The van der Waals surface area contributed by atoms with E-state index in [1.807, 2.05) is 11.3 Å². The van der Waals surface area contributed by atoms with E-state index in [2.05, 4.69) is 22.8 Å². The molecule has 2 aliphatic rings. The van der Waals surface area contributed by atoms with Gasteiger partial charge in [-0.15, -0.1) is 11.3 Å². The van der Waals surface area contributed by atoms with Gasteiger partial charge < -0.3 is 10.1 Å². The zero-order valence-corrected chi connectivity index (χ0v) is 10.4. The second-order valence-corrected chi connectivity index (χ2v) is 6.05. The predicted octanol–water partition coefficient (Wildman–Crippen LogP) is 2.55. The van der Waals surface area contributed by atoms with Crippen molar-refractivity contribution in [1.29, 1.82) is 0 Å². The molecule has 2 nitrogen and oxygen atoms in total. The van der Waals surface area contributed by atoms with Crippen LogP contribution in [0.2, 0.25) is 0 Å². The minimum Gasteiger partial charge on any atom is -0.379 e. The molecule has 2 fully saturated rings. The Morgan fingerprint density at radius 3 is 2.94 bits per heavy atom. The van der Waals surface area contributed by atoms with Crippen molar-refractivity contribution in [2.24, 2.45) is 0 Å². The number of thiophene rings is 1. The van der Waals surface area contributed by atoms with Gasteiger partial charge >= 0.3 is 0 Å². The van der Waals surface area contributed by atoms with Crippen molar-refractivity contribution in [1.82, 2.24) is 5.32 Å². The molecule has 1 N–H and O–H groups in total. The highest BCUT2D eigenvalue weighted by molar-refractivity contribution is 7.10. The van der Waals surface area contributed by atoms with Crippen LogP contribution in [0.4, 0.5) is 0 Å². The molecule has 16 heavy (non-hydrogen) atoms. The fourth-order valence-electron chi connectivity index (χ4n) is 2.86. The first-order valence-electron chi connectivity index (χ1n) is 6.24. The predicted molar refractivity (Wildman–Crippen MR) is 67.1 cm³/mol. The van der Waals surface area contributed by atoms with Gasteiger partial charge in [-0.1, -0.05) is 12.5 Å². The maximum atomic E-state index is 5.48. The molecular formula is C13H19NOS. The molecule has 1 aromatic rings. The Bertz CT molecular complexity index is 326. The number of rotatable bonds is 3. The van der Waals surface area contributed by atoms with Crippen molar-refractivity contribution >= 4 is 11.3 Å². The molecule has 0 saturated carbocycles. The van der Waals surface area contributed by atoms with Crippen molar-refractivity contribution in [2.75, 3.05) is 19.8 Å². The molecule has 3 heteroatoms. The number of hydrogen-bond donors (Lipinski definition) is 1. The Morgan fingerprint density at radius 1 is 1.44 bits per heavy atom. The summed E-state index contributed by atoms with van der Waals surface area (Å²) in [5.74, 6) is 0. The van der Waals surface area contributed by atoms with Gasteiger partial charge in [-0.3, -0.25) is 0 Å². The molecule has 0 radical (unpaired) electrons. The van der Waals surface area contributed by atoms with Gasteiger partial charge in [-0.25, -0.2) is 0 Å². The van der Waals surface area contributed by atoms with Gasteiger partial charge in [0.15, 0.2) is 0 Å². The van der Waals surface area contributed by atoms with E-state index in [1.165, 1.54) is 37.1 Å². The second kappa shape index (κ2) is 4.47. The van der Waals surface area contributed by atoms with Crippen LogP contribution >= 0.6 is 11.3 Å². The van der Waals surface area contributed by atoms with Crippen LogP contribution in [0.3, 0.4) is 0 Å². The van der Waals surface area contributed by atoms with Crippen molar-refractivity contribution in [3.05, 3.63) is 22.4 Å². The van der Waals surface area contributed by atoms with E-state index in [0.29, 0.717) is 11.5 Å². The van der Waals surface area contributed by atoms with Crippen LogP contribution in [0.5, 0.6) is 0 Å². The van der Waals surface area contributed by atoms with E-state index >= 15 is 0 Å². The topological polar surface area (TPSA) is 21.3 Å².